The molecule has 2 N–H and O–H groups in total. The first-order valence-electron chi connectivity index (χ1n) is 9.84. The fourth-order valence-electron chi connectivity index (χ4n) is 3.59. The van der Waals surface area contributed by atoms with E-state index in [1.54, 1.807) is 0 Å². The van der Waals surface area contributed by atoms with Gasteiger partial charge in [-0.2, -0.15) is 0 Å². The lowest BCUT2D eigenvalue weighted by atomic mass is 10.0. The van der Waals surface area contributed by atoms with Crippen molar-refractivity contribution in [2.45, 2.75) is 52.0 Å². The lowest BCUT2D eigenvalue weighted by Crippen LogP contribution is -2.23. The maximum Gasteiger partial charge on any atom is 0.255 e. The summed E-state index contributed by atoms with van der Waals surface area (Å²) < 4.78 is 0. The number of aryl methyl sites for hydroxylation is 1. The van der Waals surface area contributed by atoms with Crippen LogP contribution in [0.3, 0.4) is 0 Å². The summed E-state index contributed by atoms with van der Waals surface area (Å²) in [6.07, 6.45) is 6.78. The van der Waals surface area contributed by atoms with E-state index < -0.39 is 0 Å². The normalized spacial score (nSPS) is 14.1. The Kier molecular flexibility index (Phi) is 6.64. The van der Waals surface area contributed by atoms with Crippen LogP contribution in [0.25, 0.3) is 0 Å². The number of benzene rings is 2. The highest BCUT2D eigenvalue weighted by Gasteiger charge is 2.16. The molecule has 3 rings (SSSR count). The molecule has 2 aromatic rings. The zero-order chi connectivity index (χ0) is 19.1. The van der Waals surface area contributed by atoms with E-state index in [1.165, 1.54) is 25.7 Å². The van der Waals surface area contributed by atoms with Crippen LogP contribution < -0.4 is 10.6 Å². The minimum absolute atomic E-state index is 0.107. The number of nitrogens with one attached hydrogen (secondary N) is 2. The SMILES string of the molecule is Cc1ccc(C(=O)Nc2cccc(CNC(=O)CCC3CCCC3)c2)cc1. The molecular weight excluding hydrogens is 336 g/mol. The van der Waals surface area contributed by atoms with Crippen molar-refractivity contribution in [3.8, 4) is 0 Å². The predicted molar refractivity (Wildman–Crippen MR) is 109 cm³/mol. The van der Waals surface area contributed by atoms with Crippen LogP contribution in [0.1, 0.15) is 60.0 Å². The van der Waals surface area contributed by atoms with E-state index >= 15 is 0 Å². The number of rotatable bonds is 7. The summed E-state index contributed by atoms with van der Waals surface area (Å²) in [5.74, 6) is 0.708. The van der Waals surface area contributed by atoms with Gasteiger partial charge < -0.3 is 10.6 Å². The van der Waals surface area contributed by atoms with Gasteiger partial charge in [-0.1, -0.05) is 55.5 Å². The first-order valence-corrected chi connectivity index (χ1v) is 9.84. The van der Waals surface area contributed by atoms with Crippen molar-refractivity contribution in [3.63, 3.8) is 0 Å². The number of carbonyl (C=O) groups excluding carboxylic acids is 2. The molecule has 1 fully saturated rings. The molecule has 27 heavy (non-hydrogen) atoms. The topological polar surface area (TPSA) is 58.2 Å². The average Bonchev–Trinajstić information content (AvgIpc) is 3.19. The molecule has 2 amide bonds. The van der Waals surface area contributed by atoms with E-state index in [2.05, 4.69) is 10.6 Å². The summed E-state index contributed by atoms with van der Waals surface area (Å²) >= 11 is 0. The smallest absolute Gasteiger partial charge is 0.255 e. The van der Waals surface area contributed by atoms with Crippen LogP contribution in [-0.2, 0) is 11.3 Å². The van der Waals surface area contributed by atoms with Gasteiger partial charge in [-0.05, 0) is 49.1 Å². The Morgan fingerprint density at radius 2 is 1.78 bits per heavy atom. The van der Waals surface area contributed by atoms with Crippen LogP contribution in [-0.4, -0.2) is 11.8 Å². The Bertz CT molecular complexity index is 777. The maximum absolute atomic E-state index is 12.3. The Morgan fingerprint density at radius 3 is 2.52 bits per heavy atom. The van der Waals surface area contributed by atoms with Crippen molar-refractivity contribution in [2.75, 3.05) is 5.32 Å². The van der Waals surface area contributed by atoms with Crippen molar-refractivity contribution in [1.82, 2.24) is 5.32 Å². The fraction of sp³-hybridized carbons (Fsp3) is 0.391. The Morgan fingerprint density at radius 1 is 1.04 bits per heavy atom. The van der Waals surface area contributed by atoms with E-state index in [-0.39, 0.29) is 11.8 Å². The number of carbonyl (C=O) groups is 2. The Hall–Kier alpha value is -2.62. The third-order valence-corrected chi connectivity index (χ3v) is 5.24. The van der Waals surface area contributed by atoms with Crippen LogP contribution in [0.5, 0.6) is 0 Å². The van der Waals surface area contributed by atoms with Gasteiger partial charge in [0.15, 0.2) is 0 Å². The monoisotopic (exact) mass is 364 g/mol. The third kappa shape index (κ3) is 5.95. The van der Waals surface area contributed by atoms with Gasteiger partial charge in [0.05, 0.1) is 0 Å². The van der Waals surface area contributed by atoms with Crippen LogP contribution in [0.2, 0.25) is 0 Å². The predicted octanol–water partition coefficient (Wildman–Crippen LogP) is 4.83. The second-order valence-electron chi connectivity index (χ2n) is 7.49. The van der Waals surface area contributed by atoms with Gasteiger partial charge in [0.1, 0.15) is 0 Å². The quantitative estimate of drug-likeness (QED) is 0.739. The molecule has 0 atom stereocenters. The number of anilines is 1. The molecule has 2 aromatic carbocycles. The van der Waals surface area contributed by atoms with E-state index in [4.69, 9.17) is 0 Å². The summed E-state index contributed by atoms with van der Waals surface area (Å²) in [6, 6.07) is 15.1. The lowest BCUT2D eigenvalue weighted by molar-refractivity contribution is -0.121. The van der Waals surface area contributed by atoms with E-state index in [9.17, 15) is 9.59 Å². The molecule has 0 unspecified atom stereocenters. The highest BCUT2D eigenvalue weighted by Crippen LogP contribution is 2.28. The van der Waals surface area contributed by atoms with E-state index in [0.29, 0.717) is 18.5 Å². The second-order valence-corrected chi connectivity index (χ2v) is 7.49. The maximum atomic E-state index is 12.3. The van der Waals surface area contributed by atoms with Gasteiger partial charge in [0.25, 0.3) is 5.91 Å². The minimum atomic E-state index is -0.132. The van der Waals surface area contributed by atoms with Gasteiger partial charge in [0, 0.05) is 24.2 Å². The molecule has 142 valence electrons. The summed E-state index contributed by atoms with van der Waals surface area (Å²) in [6.45, 7) is 2.48. The van der Waals surface area contributed by atoms with Crippen LogP contribution in [0.4, 0.5) is 5.69 Å². The first-order chi connectivity index (χ1) is 13.1. The molecule has 1 saturated carbocycles. The highest BCUT2D eigenvalue weighted by atomic mass is 16.2. The number of hydrogen-bond donors (Lipinski definition) is 2. The zero-order valence-electron chi connectivity index (χ0n) is 16.0. The lowest BCUT2D eigenvalue weighted by Gasteiger charge is -2.10. The van der Waals surface area contributed by atoms with E-state index in [1.807, 2.05) is 55.5 Å². The van der Waals surface area contributed by atoms with Crippen molar-refractivity contribution in [3.05, 3.63) is 65.2 Å². The highest BCUT2D eigenvalue weighted by molar-refractivity contribution is 6.04. The first kappa shape index (κ1) is 19.2. The molecule has 1 aliphatic rings. The summed E-state index contributed by atoms with van der Waals surface area (Å²) in [7, 11) is 0. The average molecular weight is 364 g/mol. The van der Waals surface area contributed by atoms with Gasteiger partial charge in [-0.25, -0.2) is 0 Å². The van der Waals surface area contributed by atoms with Gasteiger partial charge in [-0.3, -0.25) is 9.59 Å². The Labute approximate surface area is 161 Å². The fourth-order valence-corrected chi connectivity index (χ4v) is 3.59. The van der Waals surface area contributed by atoms with Crippen molar-refractivity contribution >= 4 is 17.5 Å². The Balaban J connectivity index is 1.48. The van der Waals surface area contributed by atoms with Crippen molar-refractivity contribution in [2.24, 2.45) is 5.92 Å². The largest absolute Gasteiger partial charge is 0.352 e. The van der Waals surface area contributed by atoms with Crippen molar-refractivity contribution < 1.29 is 9.59 Å². The van der Waals surface area contributed by atoms with Crippen LogP contribution in [0.15, 0.2) is 48.5 Å². The molecule has 4 nitrogen and oxygen atoms in total. The third-order valence-electron chi connectivity index (χ3n) is 5.24. The van der Waals surface area contributed by atoms with Gasteiger partial charge >= 0.3 is 0 Å². The zero-order valence-corrected chi connectivity index (χ0v) is 16.0. The molecule has 0 spiro atoms. The van der Waals surface area contributed by atoms with Crippen LogP contribution in [0, 0.1) is 12.8 Å². The second kappa shape index (κ2) is 9.36. The summed E-state index contributed by atoms with van der Waals surface area (Å²) in [5.41, 5.74) is 3.47. The molecule has 0 aliphatic heterocycles. The van der Waals surface area contributed by atoms with E-state index in [0.717, 1.165) is 29.2 Å². The molecule has 1 aliphatic carbocycles. The number of hydrogen-bond acceptors (Lipinski definition) is 2. The molecule has 0 bridgehead atoms. The molecule has 0 heterocycles. The van der Waals surface area contributed by atoms with Gasteiger partial charge in [-0.15, -0.1) is 0 Å². The van der Waals surface area contributed by atoms with Crippen LogP contribution >= 0.6 is 0 Å². The standard InChI is InChI=1S/C23H28N2O2/c1-17-9-12-20(13-10-17)23(27)25-21-8-4-7-19(15-21)16-24-22(26)14-11-18-5-2-3-6-18/h4,7-10,12-13,15,18H,2-3,5-6,11,14,16H2,1H3,(H,24,26)(H,25,27). The molecular formula is C23H28N2O2. The van der Waals surface area contributed by atoms with Crippen molar-refractivity contribution in [1.29, 1.82) is 0 Å². The summed E-state index contributed by atoms with van der Waals surface area (Å²) in [5, 5.41) is 5.91. The summed E-state index contributed by atoms with van der Waals surface area (Å²) in [4.78, 5) is 24.4. The number of amides is 2. The molecule has 0 radical (unpaired) electrons. The minimum Gasteiger partial charge on any atom is -0.352 e. The molecule has 4 heteroatoms. The van der Waals surface area contributed by atoms with Gasteiger partial charge in [0.2, 0.25) is 5.91 Å². The molecule has 0 aromatic heterocycles. The molecule has 0 saturated heterocycles.